The van der Waals surface area contributed by atoms with E-state index in [0.29, 0.717) is 5.56 Å². The van der Waals surface area contributed by atoms with Crippen LogP contribution in [0.2, 0.25) is 0 Å². The van der Waals surface area contributed by atoms with E-state index >= 15 is 0 Å². The summed E-state index contributed by atoms with van der Waals surface area (Å²) in [4.78, 5) is 9.83. The molecule has 0 aliphatic carbocycles. The van der Waals surface area contributed by atoms with E-state index in [-0.39, 0.29) is 11.3 Å². The van der Waals surface area contributed by atoms with Crippen molar-refractivity contribution in [1.29, 1.82) is 5.26 Å². The molecule has 0 N–H and O–H groups in total. The van der Waals surface area contributed by atoms with Crippen molar-refractivity contribution in [3.05, 3.63) is 46.0 Å². The predicted molar refractivity (Wildman–Crippen MR) is 47.9 cm³/mol. The molecule has 4 heteroatoms. The van der Waals surface area contributed by atoms with Gasteiger partial charge in [-0.25, -0.2) is 0 Å². The average molecular weight is 174 g/mol. The van der Waals surface area contributed by atoms with Crippen molar-refractivity contribution < 1.29 is 4.92 Å². The van der Waals surface area contributed by atoms with Gasteiger partial charge in [0.15, 0.2) is 0 Å². The summed E-state index contributed by atoms with van der Waals surface area (Å²) in [6, 6.07) is 6.05. The van der Waals surface area contributed by atoms with Crippen LogP contribution in [0.4, 0.5) is 5.69 Å². The van der Waals surface area contributed by atoms with Crippen LogP contribution >= 0.6 is 0 Å². The Kier molecular flexibility index (Phi) is 2.41. The molecule has 0 aromatic heterocycles. The molecule has 4 nitrogen and oxygen atoms in total. The van der Waals surface area contributed by atoms with Crippen LogP contribution in [0.15, 0.2) is 24.8 Å². The molecule has 0 fully saturated rings. The highest BCUT2D eigenvalue weighted by Crippen LogP contribution is 2.19. The molecular weight excluding hydrogens is 168 g/mol. The molecular formula is C9H6N2O2. The van der Waals surface area contributed by atoms with Crippen LogP contribution in [0, 0.1) is 21.4 Å². The van der Waals surface area contributed by atoms with Crippen LogP contribution in [0.1, 0.15) is 11.1 Å². The molecule has 0 spiro atoms. The van der Waals surface area contributed by atoms with E-state index in [1.54, 1.807) is 12.1 Å². The van der Waals surface area contributed by atoms with Gasteiger partial charge in [0.05, 0.1) is 4.92 Å². The van der Waals surface area contributed by atoms with Gasteiger partial charge in [-0.1, -0.05) is 12.7 Å². The zero-order valence-electron chi connectivity index (χ0n) is 6.73. The van der Waals surface area contributed by atoms with Crippen LogP contribution < -0.4 is 0 Å². The van der Waals surface area contributed by atoms with Crippen molar-refractivity contribution >= 4 is 11.8 Å². The molecule has 1 rings (SSSR count). The fourth-order valence-corrected chi connectivity index (χ4v) is 0.929. The largest absolute Gasteiger partial charge is 0.287 e. The standard InChI is InChI=1S/C9H6N2O2/c1-2-7-3-4-9(11(12)13)8(5-7)6-10/h2-5H,1H2. The molecule has 1 aromatic carbocycles. The number of hydrogen-bond acceptors (Lipinski definition) is 3. The first-order chi connectivity index (χ1) is 6.19. The first-order valence-electron chi connectivity index (χ1n) is 3.50. The van der Waals surface area contributed by atoms with Crippen molar-refractivity contribution in [2.45, 2.75) is 0 Å². The van der Waals surface area contributed by atoms with Gasteiger partial charge >= 0.3 is 0 Å². The second-order valence-electron chi connectivity index (χ2n) is 2.35. The third kappa shape index (κ3) is 1.71. The quantitative estimate of drug-likeness (QED) is 0.509. The lowest BCUT2D eigenvalue weighted by Crippen LogP contribution is -1.92. The Labute approximate surface area is 74.9 Å². The molecule has 0 atom stereocenters. The molecule has 13 heavy (non-hydrogen) atoms. The fourth-order valence-electron chi connectivity index (χ4n) is 0.929. The van der Waals surface area contributed by atoms with Crippen LogP contribution in [0.5, 0.6) is 0 Å². The minimum absolute atomic E-state index is 0.0578. The minimum atomic E-state index is -0.578. The summed E-state index contributed by atoms with van der Waals surface area (Å²) in [5.41, 5.74) is 0.581. The van der Waals surface area contributed by atoms with E-state index in [4.69, 9.17) is 5.26 Å². The van der Waals surface area contributed by atoms with E-state index in [1.807, 2.05) is 0 Å². The number of nitro groups is 1. The molecule has 0 bridgehead atoms. The number of hydrogen-bond donors (Lipinski definition) is 0. The van der Waals surface area contributed by atoms with Crippen LogP contribution in [0.25, 0.3) is 6.08 Å². The van der Waals surface area contributed by atoms with Crippen molar-refractivity contribution in [1.82, 2.24) is 0 Å². The van der Waals surface area contributed by atoms with Gasteiger partial charge < -0.3 is 0 Å². The first kappa shape index (κ1) is 8.94. The molecule has 0 unspecified atom stereocenters. The van der Waals surface area contributed by atoms with Crippen molar-refractivity contribution in [2.24, 2.45) is 0 Å². The summed E-state index contributed by atoms with van der Waals surface area (Å²) < 4.78 is 0. The third-order valence-electron chi connectivity index (χ3n) is 1.57. The maximum Gasteiger partial charge on any atom is 0.287 e. The van der Waals surface area contributed by atoms with E-state index in [0.717, 1.165) is 0 Å². The Balaban J connectivity index is 3.33. The Hall–Kier alpha value is -2.15. The van der Waals surface area contributed by atoms with Gasteiger partial charge in [0.1, 0.15) is 11.6 Å². The van der Waals surface area contributed by atoms with Gasteiger partial charge in [-0.05, 0) is 17.7 Å². The first-order valence-corrected chi connectivity index (χ1v) is 3.50. The van der Waals surface area contributed by atoms with Crippen LogP contribution in [-0.2, 0) is 0 Å². The summed E-state index contributed by atoms with van der Waals surface area (Å²) >= 11 is 0. The van der Waals surface area contributed by atoms with E-state index in [1.165, 1.54) is 18.2 Å². The summed E-state index contributed by atoms with van der Waals surface area (Å²) in [5.74, 6) is 0. The van der Waals surface area contributed by atoms with Gasteiger partial charge in [0.25, 0.3) is 5.69 Å². The van der Waals surface area contributed by atoms with E-state index in [9.17, 15) is 10.1 Å². The Morgan fingerprint density at radius 1 is 1.62 bits per heavy atom. The summed E-state index contributed by atoms with van der Waals surface area (Å²) in [6.45, 7) is 3.50. The number of nitrogens with zero attached hydrogens (tertiary/aromatic N) is 2. The molecule has 0 saturated carbocycles. The lowest BCUT2D eigenvalue weighted by molar-refractivity contribution is -0.385. The highest BCUT2D eigenvalue weighted by atomic mass is 16.6. The lowest BCUT2D eigenvalue weighted by Gasteiger charge is -1.95. The predicted octanol–water partition coefficient (Wildman–Crippen LogP) is 2.11. The monoisotopic (exact) mass is 174 g/mol. The molecule has 64 valence electrons. The second kappa shape index (κ2) is 3.50. The zero-order valence-corrected chi connectivity index (χ0v) is 6.73. The number of nitro benzene ring substituents is 1. The Bertz CT molecular complexity index is 405. The normalized spacial score (nSPS) is 8.85. The van der Waals surface area contributed by atoms with E-state index < -0.39 is 4.92 Å². The topological polar surface area (TPSA) is 66.9 Å². The maximum atomic E-state index is 10.4. The Morgan fingerprint density at radius 3 is 2.77 bits per heavy atom. The summed E-state index contributed by atoms with van der Waals surface area (Å²) in [5, 5.41) is 19.0. The van der Waals surface area contributed by atoms with Gasteiger partial charge in [0, 0.05) is 6.07 Å². The van der Waals surface area contributed by atoms with Crippen molar-refractivity contribution in [2.75, 3.05) is 0 Å². The van der Waals surface area contributed by atoms with Gasteiger partial charge in [-0.3, -0.25) is 10.1 Å². The molecule has 0 aliphatic heterocycles. The van der Waals surface area contributed by atoms with Crippen LogP contribution in [0.3, 0.4) is 0 Å². The van der Waals surface area contributed by atoms with E-state index in [2.05, 4.69) is 6.58 Å². The summed E-state index contributed by atoms with van der Waals surface area (Å²) in [6.07, 6.45) is 1.53. The summed E-state index contributed by atoms with van der Waals surface area (Å²) in [7, 11) is 0. The number of nitriles is 1. The maximum absolute atomic E-state index is 10.4. The van der Waals surface area contributed by atoms with Crippen molar-refractivity contribution in [3.8, 4) is 6.07 Å². The Morgan fingerprint density at radius 2 is 2.31 bits per heavy atom. The molecule has 0 radical (unpaired) electrons. The molecule has 0 heterocycles. The minimum Gasteiger partial charge on any atom is -0.258 e. The highest BCUT2D eigenvalue weighted by molar-refractivity contribution is 5.57. The second-order valence-corrected chi connectivity index (χ2v) is 2.35. The molecule has 0 amide bonds. The molecule has 1 aromatic rings. The average Bonchev–Trinajstić information content (AvgIpc) is 2.16. The number of rotatable bonds is 2. The smallest absolute Gasteiger partial charge is 0.258 e. The van der Waals surface area contributed by atoms with Gasteiger partial charge in [-0.15, -0.1) is 0 Å². The lowest BCUT2D eigenvalue weighted by atomic mass is 10.1. The van der Waals surface area contributed by atoms with Crippen molar-refractivity contribution in [3.63, 3.8) is 0 Å². The zero-order chi connectivity index (χ0) is 9.84. The van der Waals surface area contributed by atoms with Crippen LogP contribution in [-0.4, -0.2) is 4.92 Å². The molecule has 0 aliphatic rings. The SMILES string of the molecule is C=Cc1ccc([N+](=O)[O-])c(C#N)c1. The third-order valence-corrected chi connectivity index (χ3v) is 1.57. The molecule has 0 saturated heterocycles. The fraction of sp³-hybridized carbons (Fsp3) is 0. The van der Waals surface area contributed by atoms with Gasteiger partial charge in [-0.2, -0.15) is 5.26 Å². The number of benzene rings is 1. The van der Waals surface area contributed by atoms with Gasteiger partial charge in [0.2, 0.25) is 0 Å². The highest BCUT2D eigenvalue weighted by Gasteiger charge is 2.12.